The van der Waals surface area contributed by atoms with Crippen molar-refractivity contribution in [3.05, 3.63) is 41.0 Å². The summed E-state index contributed by atoms with van der Waals surface area (Å²) in [6.45, 7) is 24.7. The van der Waals surface area contributed by atoms with E-state index in [2.05, 4.69) is 44.2 Å². The topological polar surface area (TPSA) is 115 Å². The number of fused-ring (bicyclic) bond motifs is 1. The van der Waals surface area contributed by atoms with E-state index in [1.165, 1.54) is 4.90 Å². The molecule has 50 heavy (non-hydrogen) atoms. The number of rotatable bonds is 6. The summed E-state index contributed by atoms with van der Waals surface area (Å²) in [4.78, 5) is 38.3. The highest BCUT2D eigenvalue weighted by Crippen LogP contribution is 2.47. The van der Waals surface area contributed by atoms with E-state index >= 15 is 4.39 Å². The standard InChI is InChI=1S/C37H56FN5O6Si/c1-23-21-25(42(11)33(44)47-35(2,3)4)22-27(39-23)40-32-29(38)28(24-15-14-18-43(19-16-24)34(45)48-36(5,6)7)31-30(41-32)26(17-20-46-31)49-50(12,13)37(8,9)10/h16,21-22,26H,14-15,17-20H2,1-13H3,(H,39,40,41)/t26-/m0/s1. The maximum Gasteiger partial charge on any atom is 0.414 e. The Morgan fingerprint density at radius 2 is 1.70 bits per heavy atom. The van der Waals surface area contributed by atoms with Crippen LogP contribution >= 0.6 is 0 Å². The Labute approximate surface area is 298 Å². The average molecular weight is 714 g/mol. The lowest BCUT2D eigenvalue weighted by molar-refractivity contribution is 0.0273. The molecule has 0 aromatic carbocycles. The second-order valence-electron chi connectivity index (χ2n) is 16.6. The highest BCUT2D eigenvalue weighted by Gasteiger charge is 2.42. The molecule has 0 saturated heterocycles. The Morgan fingerprint density at radius 1 is 1.04 bits per heavy atom. The van der Waals surface area contributed by atoms with E-state index in [0.717, 1.165) is 0 Å². The third-order valence-electron chi connectivity index (χ3n) is 8.94. The number of aromatic nitrogens is 2. The molecular weight excluding hydrogens is 658 g/mol. The lowest BCUT2D eigenvalue weighted by Gasteiger charge is -2.40. The molecule has 4 heterocycles. The molecule has 2 aliphatic heterocycles. The summed E-state index contributed by atoms with van der Waals surface area (Å²) in [6, 6.07) is 3.40. The minimum absolute atomic E-state index is 0.0359. The fourth-order valence-corrected chi connectivity index (χ4v) is 6.71. The van der Waals surface area contributed by atoms with Gasteiger partial charge in [0.25, 0.3) is 0 Å². The van der Waals surface area contributed by atoms with Crippen LogP contribution in [0.25, 0.3) is 5.57 Å². The van der Waals surface area contributed by atoms with Gasteiger partial charge in [-0.05, 0) is 91.1 Å². The summed E-state index contributed by atoms with van der Waals surface area (Å²) >= 11 is 0. The molecule has 4 rings (SSSR count). The molecular formula is C37H56FN5O6Si. The number of amides is 2. The summed E-state index contributed by atoms with van der Waals surface area (Å²) in [7, 11) is -0.659. The van der Waals surface area contributed by atoms with E-state index in [1.54, 1.807) is 51.8 Å². The van der Waals surface area contributed by atoms with E-state index in [9.17, 15) is 9.59 Å². The molecule has 0 saturated carbocycles. The van der Waals surface area contributed by atoms with Crippen LogP contribution in [0.15, 0.2) is 18.2 Å². The largest absolute Gasteiger partial charge is 0.491 e. The first kappa shape index (κ1) is 39.1. The minimum Gasteiger partial charge on any atom is -0.491 e. The van der Waals surface area contributed by atoms with Crippen molar-refractivity contribution in [3.63, 3.8) is 0 Å². The SMILES string of the molecule is Cc1cc(N(C)C(=O)OC(C)(C)C)cc(Nc2nc3c(c(C4=CCN(C(=O)OC(C)(C)C)CCC4)c2F)OCC[C@@H]3O[Si](C)(C)C(C)(C)C)n1. The van der Waals surface area contributed by atoms with Crippen LogP contribution in [0.3, 0.4) is 0 Å². The summed E-state index contributed by atoms with van der Waals surface area (Å²) in [5, 5.41) is 3.06. The van der Waals surface area contributed by atoms with Crippen LogP contribution in [0.5, 0.6) is 5.75 Å². The zero-order chi connectivity index (χ0) is 37.4. The molecule has 2 aromatic heterocycles. The number of carbonyl (C=O) groups is 2. The van der Waals surface area contributed by atoms with Crippen LogP contribution in [-0.2, 0) is 13.9 Å². The van der Waals surface area contributed by atoms with Crippen molar-refractivity contribution in [1.29, 1.82) is 0 Å². The van der Waals surface area contributed by atoms with Gasteiger partial charge in [0.1, 0.15) is 22.7 Å². The van der Waals surface area contributed by atoms with E-state index in [-0.39, 0.29) is 17.4 Å². The van der Waals surface area contributed by atoms with Crippen molar-refractivity contribution >= 4 is 43.4 Å². The highest BCUT2D eigenvalue weighted by atomic mass is 28.4. The minimum atomic E-state index is -2.27. The predicted octanol–water partition coefficient (Wildman–Crippen LogP) is 9.30. The number of halogens is 1. The van der Waals surface area contributed by atoms with Crippen molar-refractivity contribution in [3.8, 4) is 5.75 Å². The Kier molecular flexibility index (Phi) is 11.3. The van der Waals surface area contributed by atoms with Crippen LogP contribution in [0.4, 0.5) is 31.3 Å². The molecule has 0 unspecified atom stereocenters. The van der Waals surface area contributed by atoms with Crippen LogP contribution in [-0.4, -0.2) is 73.3 Å². The smallest absolute Gasteiger partial charge is 0.414 e. The van der Waals surface area contributed by atoms with Gasteiger partial charge in [-0.2, -0.15) is 0 Å². The zero-order valence-corrected chi connectivity index (χ0v) is 33.2. The number of nitrogens with zero attached hydrogens (tertiary/aromatic N) is 4. The van der Waals surface area contributed by atoms with Gasteiger partial charge in [-0.3, -0.25) is 4.90 Å². The van der Waals surface area contributed by atoms with Gasteiger partial charge in [0, 0.05) is 38.3 Å². The van der Waals surface area contributed by atoms with Gasteiger partial charge >= 0.3 is 12.2 Å². The van der Waals surface area contributed by atoms with Crippen molar-refractivity contribution in [2.24, 2.45) is 0 Å². The van der Waals surface area contributed by atoms with E-state index in [1.807, 2.05) is 26.8 Å². The van der Waals surface area contributed by atoms with Crippen LogP contribution in [0.1, 0.15) is 105 Å². The van der Waals surface area contributed by atoms with Crippen molar-refractivity contribution in [2.75, 3.05) is 37.0 Å². The molecule has 1 N–H and O–H groups in total. The van der Waals surface area contributed by atoms with Gasteiger partial charge in [0.05, 0.1) is 24.0 Å². The Bertz CT molecular complexity index is 1630. The maximum atomic E-state index is 17.0. The summed E-state index contributed by atoms with van der Waals surface area (Å²) < 4.78 is 41.3. The molecule has 0 spiro atoms. The Hall–Kier alpha value is -3.71. The number of hydrogen-bond donors (Lipinski definition) is 1. The fraction of sp³-hybridized carbons (Fsp3) is 0.622. The normalized spacial score (nSPS) is 17.2. The fourth-order valence-electron chi connectivity index (χ4n) is 5.41. The number of aryl methyl sites for hydroxylation is 1. The number of pyridine rings is 2. The zero-order valence-electron chi connectivity index (χ0n) is 32.2. The molecule has 1 atom stereocenters. The van der Waals surface area contributed by atoms with Gasteiger partial charge in [-0.15, -0.1) is 0 Å². The van der Waals surface area contributed by atoms with Gasteiger partial charge < -0.3 is 28.9 Å². The number of carbonyl (C=O) groups excluding carboxylic acids is 2. The lowest BCUT2D eigenvalue weighted by Crippen LogP contribution is -2.42. The molecule has 2 aliphatic rings. The lowest BCUT2D eigenvalue weighted by atomic mass is 9.96. The van der Waals surface area contributed by atoms with Crippen LogP contribution in [0, 0.1) is 12.7 Å². The molecule has 0 radical (unpaired) electrons. The van der Waals surface area contributed by atoms with Crippen molar-refractivity contribution in [1.82, 2.24) is 14.9 Å². The van der Waals surface area contributed by atoms with Crippen LogP contribution in [0.2, 0.25) is 18.1 Å². The molecule has 11 nitrogen and oxygen atoms in total. The summed E-state index contributed by atoms with van der Waals surface area (Å²) in [6.07, 6.45) is 2.20. The Morgan fingerprint density at radius 3 is 2.32 bits per heavy atom. The Balaban J connectivity index is 1.81. The van der Waals surface area contributed by atoms with Gasteiger partial charge in [0.15, 0.2) is 25.7 Å². The summed E-state index contributed by atoms with van der Waals surface area (Å²) in [5.74, 6) is 0.0324. The molecule has 0 bridgehead atoms. The van der Waals surface area contributed by atoms with E-state index < -0.39 is 43.6 Å². The number of nitrogens with one attached hydrogen (secondary N) is 1. The molecule has 0 fully saturated rings. The van der Waals surface area contributed by atoms with Gasteiger partial charge in [-0.1, -0.05) is 26.8 Å². The number of anilines is 3. The second kappa shape index (κ2) is 14.5. The van der Waals surface area contributed by atoms with E-state index in [4.69, 9.17) is 23.6 Å². The van der Waals surface area contributed by atoms with Crippen molar-refractivity contribution < 1.29 is 32.6 Å². The quantitative estimate of drug-likeness (QED) is 0.293. The number of ether oxygens (including phenoxy) is 3. The van der Waals surface area contributed by atoms with E-state index in [0.29, 0.717) is 72.2 Å². The monoisotopic (exact) mass is 713 g/mol. The average Bonchev–Trinajstić information content (AvgIpc) is 3.21. The van der Waals surface area contributed by atoms with Gasteiger partial charge in [0.2, 0.25) is 0 Å². The van der Waals surface area contributed by atoms with Crippen molar-refractivity contribution in [2.45, 2.75) is 124 Å². The third kappa shape index (κ3) is 9.54. The number of allylic oxidation sites excluding steroid dienone is 1. The first-order valence-corrected chi connectivity index (χ1v) is 20.3. The molecule has 2 aromatic rings. The molecule has 276 valence electrons. The first-order chi connectivity index (χ1) is 23.0. The first-order valence-electron chi connectivity index (χ1n) is 17.4. The second-order valence-corrected chi connectivity index (χ2v) is 21.4. The maximum absolute atomic E-state index is 17.0. The molecule has 2 amide bonds. The summed E-state index contributed by atoms with van der Waals surface area (Å²) in [5.41, 5.74) is 1.34. The predicted molar refractivity (Wildman–Crippen MR) is 197 cm³/mol. The number of hydrogen-bond acceptors (Lipinski definition) is 9. The van der Waals surface area contributed by atoms with Crippen LogP contribution < -0.4 is 15.0 Å². The highest BCUT2D eigenvalue weighted by molar-refractivity contribution is 6.74. The third-order valence-corrected chi connectivity index (χ3v) is 13.4. The molecule has 0 aliphatic carbocycles. The molecule has 13 heteroatoms. The van der Waals surface area contributed by atoms with Gasteiger partial charge in [-0.25, -0.2) is 23.9 Å².